The fourth-order valence-corrected chi connectivity index (χ4v) is 4.26. The highest BCUT2D eigenvalue weighted by Crippen LogP contribution is 2.31. The number of carbonyl (C=O) groups excluding carboxylic acids is 2. The number of carbonyl (C=O) groups is 2. The molecule has 1 fully saturated rings. The summed E-state index contributed by atoms with van der Waals surface area (Å²) in [5.74, 6) is 0.0941. The number of nitrogens with zero attached hydrogens (tertiary/aromatic N) is 1. The summed E-state index contributed by atoms with van der Waals surface area (Å²) in [4.78, 5) is 25.3. The molecule has 0 spiro atoms. The monoisotopic (exact) mass is 418 g/mol. The van der Waals surface area contributed by atoms with E-state index in [1.807, 2.05) is 0 Å². The first-order valence-electron chi connectivity index (χ1n) is 9.02. The van der Waals surface area contributed by atoms with Crippen molar-refractivity contribution in [2.24, 2.45) is 0 Å². The first-order valence-corrected chi connectivity index (χ1v) is 10.5. The zero-order chi connectivity index (χ0) is 21.0. The van der Waals surface area contributed by atoms with Crippen molar-refractivity contribution < 1.29 is 27.5 Å². The molecule has 0 saturated carbocycles. The van der Waals surface area contributed by atoms with Gasteiger partial charge in [0.15, 0.2) is 0 Å². The molecule has 2 aromatic rings. The average molecular weight is 418 g/mol. The maximum atomic E-state index is 12.9. The quantitative estimate of drug-likeness (QED) is 0.692. The second-order valence-electron chi connectivity index (χ2n) is 6.48. The molecule has 8 nitrogen and oxygen atoms in total. The minimum Gasteiger partial charge on any atom is -0.497 e. The molecule has 1 aliphatic heterocycles. The van der Waals surface area contributed by atoms with Crippen molar-refractivity contribution in [2.75, 3.05) is 19.1 Å². The minimum absolute atomic E-state index is 0.0568. The minimum atomic E-state index is -3.97. The normalized spacial score (nSPS) is 14.8. The van der Waals surface area contributed by atoms with E-state index in [2.05, 4.69) is 4.72 Å². The summed E-state index contributed by atoms with van der Waals surface area (Å²) in [6, 6.07) is 11.2. The summed E-state index contributed by atoms with van der Waals surface area (Å²) in [5, 5.41) is 0. The molecule has 3 rings (SSSR count). The van der Waals surface area contributed by atoms with Crippen molar-refractivity contribution in [1.82, 2.24) is 4.72 Å². The van der Waals surface area contributed by atoms with Crippen LogP contribution in [0.1, 0.15) is 24.8 Å². The Morgan fingerprint density at radius 3 is 2.21 bits per heavy atom. The predicted octanol–water partition coefficient (Wildman–Crippen LogP) is 2.23. The van der Waals surface area contributed by atoms with Gasteiger partial charge in [0, 0.05) is 19.4 Å². The fraction of sp³-hybridized carbons (Fsp3) is 0.300. The molecule has 1 saturated heterocycles. The van der Waals surface area contributed by atoms with Crippen LogP contribution >= 0.6 is 0 Å². The third-order valence-corrected chi connectivity index (χ3v) is 6.02. The number of imide groups is 1. The number of amides is 2. The largest absolute Gasteiger partial charge is 0.497 e. The van der Waals surface area contributed by atoms with Crippen LogP contribution in [0.4, 0.5) is 5.69 Å². The molecule has 1 aliphatic rings. The van der Waals surface area contributed by atoms with E-state index in [1.54, 1.807) is 31.4 Å². The number of methoxy groups -OCH3 is 2. The summed E-state index contributed by atoms with van der Waals surface area (Å²) in [6.45, 7) is 0.0568. The number of hydrogen-bond donors (Lipinski definition) is 1. The van der Waals surface area contributed by atoms with Crippen LogP contribution in [0.3, 0.4) is 0 Å². The highest BCUT2D eigenvalue weighted by molar-refractivity contribution is 7.89. The van der Waals surface area contributed by atoms with E-state index >= 15 is 0 Å². The number of ether oxygens (including phenoxy) is 2. The molecule has 0 unspecified atom stereocenters. The van der Waals surface area contributed by atoms with Crippen molar-refractivity contribution >= 4 is 27.5 Å². The highest BCUT2D eigenvalue weighted by atomic mass is 32.2. The Kier molecular flexibility index (Phi) is 6.19. The zero-order valence-electron chi connectivity index (χ0n) is 16.2. The maximum Gasteiger partial charge on any atom is 0.244 e. The summed E-state index contributed by atoms with van der Waals surface area (Å²) in [7, 11) is -1.06. The molecule has 0 aliphatic carbocycles. The van der Waals surface area contributed by atoms with Gasteiger partial charge in [-0.1, -0.05) is 12.1 Å². The summed E-state index contributed by atoms with van der Waals surface area (Å²) < 4.78 is 38.6. The van der Waals surface area contributed by atoms with Crippen molar-refractivity contribution in [3.8, 4) is 11.5 Å². The van der Waals surface area contributed by atoms with Gasteiger partial charge in [0.05, 0.1) is 19.9 Å². The molecule has 29 heavy (non-hydrogen) atoms. The van der Waals surface area contributed by atoms with E-state index in [0.29, 0.717) is 12.2 Å². The van der Waals surface area contributed by atoms with Crippen LogP contribution in [-0.2, 0) is 26.2 Å². The fourth-order valence-electron chi connectivity index (χ4n) is 3.06. The van der Waals surface area contributed by atoms with Crippen LogP contribution in [0.5, 0.6) is 11.5 Å². The van der Waals surface area contributed by atoms with Gasteiger partial charge in [0.25, 0.3) is 0 Å². The SMILES string of the molecule is COc1ccc(CNS(=O)(=O)c2cc(N3C(=O)CCCC3=O)ccc2OC)cc1. The van der Waals surface area contributed by atoms with E-state index in [0.717, 1.165) is 10.5 Å². The van der Waals surface area contributed by atoms with Gasteiger partial charge in [0.1, 0.15) is 16.4 Å². The average Bonchev–Trinajstić information content (AvgIpc) is 2.72. The van der Waals surface area contributed by atoms with Crippen LogP contribution < -0.4 is 19.1 Å². The Balaban J connectivity index is 1.88. The number of sulfonamides is 1. The van der Waals surface area contributed by atoms with Gasteiger partial charge >= 0.3 is 0 Å². The molecule has 1 N–H and O–H groups in total. The lowest BCUT2D eigenvalue weighted by Crippen LogP contribution is -2.40. The molecular weight excluding hydrogens is 396 g/mol. The van der Waals surface area contributed by atoms with Gasteiger partial charge in [-0.05, 0) is 42.3 Å². The lowest BCUT2D eigenvalue weighted by Gasteiger charge is -2.25. The van der Waals surface area contributed by atoms with Gasteiger partial charge in [-0.2, -0.15) is 0 Å². The summed E-state index contributed by atoms with van der Waals surface area (Å²) in [5.41, 5.74) is 0.955. The van der Waals surface area contributed by atoms with E-state index in [4.69, 9.17) is 9.47 Å². The molecule has 0 bridgehead atoms. The number of rotatable bonds is 7. The van der Waals surface area contributed by atoms with Crippen molar-refractivity contribution in [3.63, 3.8) is 0 Å². The number of piperidine rings is 1. The van der Waals surface area contributed by atoms with Gasteiger partial charge in [-0.3, -0.25) is 14.5 Å². The molecule has 1 heterocycles. The topological polar surface area (TPSA) is 102 Å². The molecular formula is C20H22N2O6S. The second-order valence-corrected chi connectivity index (χ2v) is 8.22. The van der Waals surface area contributed by atoms with Gasteiger partial charge < -0.3 is 9.47 Å². The molecule has 0 aromatic heterocycles. The van der Waals surface area contributed by atoms with Crippen molar-refractivity contribution in [3.05, 3.63) is 48.0 Å². The molecule has 2 aromatic carbocycles. The number of benzene rings is 2. The Morgan fingerprint density at radius 2 is 1.62 bits per heavy atom. The Morgan fingerprint density at radius 1 is 0.966 bits per heavy atom. The highest BCUT2D eigenvalue weighted by Gasteiger charge is 2.29. The van der Waals surface area contributed by atoms with Crippen molar-refractivity contribution in [2.45, 2.75) is 30.7 Å². The van der Waals surface area contributed by atoms with Crippen LogP contribution in [0.25, 0.3) is 0 Å². The summed E-state index contributed by atoms with van der Waals surface area (Å²) >= 11 is 0. The standard InChI is InChI=1S/C20H22N2O6S/c1-27-16-9-6-14(7-10-16)13-21-29(25,26)18-12-15(8-11-17(18)28-2)22-19(23)4-3-5-20(22)24/h6-12,21H,3-5,13H2,1-2H3. The Hall–Kier alpha value is -2.91. The number of nitrogens with one attached hydrogen (secondary N) is 1. The van der Waals surface area contributed by atoms with Gasteiger partial charge in [-0.15, -0.1) is 0 Å². The molecule has 0 atom stereocenters. The van der Waals surface area contributed by atoms with E-state index in [9.17, 15) is 18.0 Å². The van der Waals surface area contributed by atoms with E-state index in [-0.39, 0.29) is 47.5 Å². The van der Waals surface area contributed by atoms with Crippen LogP contribution in [0.2, 0.25) is 0 Å². The van der Waals surface area contributed by atoms with Gasteiger partial charge in [0.2, 0.25) is 21.8 Å². The third kappa shape index (κ3) is 4.57. The lowest BCUT2D eigenvalue weighted by molar-refractivity contribution is -0.129. The van der Waals surface area contributed by atoms with Crippen LogP contribution in [0, 0.1) is 0 Å². The summed E-state index contributed by atoms with van der Waals surface area (Å²) in [6.07, 6.45) is 0.990. The second kappa shape index (κ2) is 8.62. The third-order valence-electron chi connectivity index (χ3n) is 4.60. The molecule has 154 valence electrons. The lowest BCUT2D eigenvalue weighted by atomic mass is 10.1. The van der Waals surface area contributed by atoms with Crippen LogP contribution in [-0.4, -0.2) is 34.5 Å². The number of anilines is 1. The van der Waals surface area contributed by atoms with Crippen LogP contribution in [0.15, 0.2) is 47.4 Å². The number of hydrogen-bond acceptors (Lipinski definition) is 6. The molecule has 9 heteroatoms. The Labute approximate surface area is 169 Å². The molecule has 0 radical (unpaired) electrons. The molecule has 2 amide bonds. The smallest absolute Gasteiger partial charge is 0.244 e. The van der Waals surface area contributed by atoms with Crippen molar-refractivity contribution in [1.29, 1.82) is 0 Å². The first-order chi connectivity index (χ1) is 13.9. The van der Waals surface area contributed by atoms with Gasteiger partial charge in [-0.25, -0.2) is 13.1 Å². The maximum absolute atomic E-state index is 12.9. The predicted molar refractivity (Wildman–Crippen MR) is 106 cm³/mol. The Bertz CT molecular complexity index is 1000. The van der Waals surface area contributed by atoms with E-state index in [1.165, 1.54) is 25.3 Å². The zero-order valence-corrected chi connectivity index (χ0v) is 17.0. The van der Waals surface area contributed by atoms with E-state index < -0.39 is 10.0 Å². The first kappa shape index (κ1) is 20.8.